The van der Waals surface area contributed by atoms with Crippen molar-refractivity contribution >= 4 is 39.9 Å². The molecule has 0 radical (unpaired) electrons. The van der Waals surface area contributed by atoms with E-state index in [0.717, 1.165) is 5.13 Å². The molecule has 6 nitrogen and oxygen atoms in total. The van der Waals surface area contributed by atoms with Crippen LogP contribution in [0.25, 0.3) is 0 Å². The third-order valence-corrected chi connectivity index (χ3v) is 6.60. The zero-order valence-electron chi connectivity index (χ0n) is 16.6. The minimum Gasteiger partial charge on any atom is -0.489 e. The van der Waals surface area contributed by atoms with Crippen molar-refractivity contribution in [2.24, 2.45) is 5.41 Å². The molecule has 1 fully saturated rings. The minimum atomic E-state index is -0.918. The monoisotopic (exact) mass is 461 g/mol. The number of pyridine rings is 1. The van der Waals surface area contributed by atoms with Gasteiger partial charge < -0.3 is 15.2 Å². The lowest BCUT2D eigenvalue weighted by Gasteiger charge is -2.36. The molecule has 2 heterocycles. The van der Waals surface area contributed by atoms with E-state index in [1.165, 1.54) is 17.4 Å². The van der Waals surface area contributed by atoms with Crippen molar-refractivity contribution in [3.8, 4) is 5.75 Å². The summed E-state index contributed by atoms with van der Waals surface area (Å²) in [6.07, 6.45) is 3.76. The van der Waals surface area contributed by atoms with Crippen molar-refractivity contribution in [2.45, 2.75) is 38.2 Å². The van der Waals surface area contributed by atoms with Gasteiger partial charge in [-0.3, -0.25) is 4.79 Å². The van der Waals surface area contributed by atoms with Crippen molar-refractivity contribution in [1.29, 1.82) is 0 Å². The Morgan fingerprint density at radius 3 is 2.77 bits per heavy atom. The number of benzene rings is 1. The molecular formula is C22H21ClFN3O3S. The Morgan fingerprint density at radius 2 is 2.06 bits per heavy atom. The molecule has 1 aromatic carbocycles. The molecule has 0 saturated heterocycles. The van der Waals surface area contributed by atoms with Crippen LogP contribution in [-0.2, 0) is 11.2 Å². The number of carboxylic acid groups (broad SMARTS) is 1. The van der Waals surface area contributed by atoms with Gasteiger partial charge in [0.1, 0.15) is 22.4 Å². The first kappa shape index (κ1) is 21.5. The standard InChI is InChI=1S/C22H21ClFN3O3S/c23-19-16(24)4-2-5-17(19)30-15-7-9-22(10-8-15,20(28)29)13-14-3-1-6-18(26-14)27-21-25-11-12-31-21/h1-6,11-12,15H,7-10,13H2,(H,28,29)(H,25,26,27). The van der Waals surface area contributed by atoms with Crippen LogP contribution >= 0.6 is 22.9 Å². The Labute approximate surface area is 188 Å². The van der Waals surface area contributed by atoms with Crippen LogP contribution in [0.5, 0.6) is 5.75 Å². The molecule has 0 aliphatic heterocycles. The number of nitrogens with one attached hydrogen (secondary N) is 1. The predicted octanol–water partition coefficient (Wildman–Crippen LogP) is 5.71. The van der Waals surface area contributed by atoms with E-state index in [4.69, 9.17) is 16.3 Å². The van der Waals surface area contributed by atoms with Gasteiger partial charge in [-0.2, -0.15) is 0 Å². The number of anilines is 2. The fourth-order valence-corrected chi connectivity index (χ4v) is 4.58. The second-order valence-electron chi connectivity index (χ2n) is 7.61. The molecule has 0 bridgehead atoms. The van der Waals surface area contributed by atoms with Gasteiger partial charge in [-0.05, 0) is 49.9 Å². The third-order valence-electron chi connectivity index (χ3n) is 5.55. The summed E-state index contributed by atoms with van der Waals surface area (Å²) in [5.74, 6) is -0.454. The number of hydrogen-bond acceptors (Lipinski definition) is 6. The van der Waals surface area contributed by atoms with Gasteiger partial charge in [-0.15, -0.1) is 11.3 Å². The van der Waals surface area contributed by atoms with E-state index in [2.05, 4.69) is 15.3 Å². The van der Waals surface area contributed by atoms with Crippen LogP contribution in [0.1, 0.15) is 31.4 Å². The van der Waals surface area contributed by atoms with Crippen LogP contribution < -0.4 is 10.1 Å². The maximum atomic E-state index is 13.7. The van der Waals surface area contributed by atoms with Crippen molar-refractivity contribution in [2.75, 3.05) is 5.32 Å². The predicted molar refractivity (Wildman–Crippen MR) is 118 cm³/mol. The summed E-state index contributed by atoms with van der Waals surface area (Å²) in [5, 5.41) is 15.7. The highest BCUT2D eigenvalue weighted by Gasteiger charge is 2.43. The first-order chi connectivity index (χ1) is 14.9. The van der Waals surface area contributed by atoms with E-state index in [1.807, 2.05) is 23.6 Å². The van der Waals surface area contributed by atoms with E-state index in [9.17, 15) is 14.3 Å². The number of aromatic nitrogens is 2. The highest BCUT2D eigenvalue weighted by atomic mass is 35.5. The molecular weight excluding hydrogens is 441 g/mol. The average molecular weight is 462 g/mol. The minimum absolute atomic E-state index is 0.0497. The van der Waals surface area contributed by atoms with Gasteiger partial charge >= 0.3 is 5.97 Å². The van der Waals surface area contributed by atoms with Gasteiger partial charge in [0.2, 0.25) is 0 Å². The molecule has 31 heavy (non-hydrogen) atoms. The van der Waals surface area contributed by atoms with Crippen LogP contribution in [0.15, 0.2) is 48.0 Å². The third kappa shape index (κ3) is 4.97. The van der Waals surface area contributed by atoms with E-state index in [1.54, 1.807) is 18.3 Å². The molecule has 162 valence electrons. The Balaban J connectivity index is 1.43. The van der Waals surface area contributed by atoms with Gasteiger partial charge in [0.15, 0.2) is 5.13 Å². The maximum Gasteiger partial charge on any atom is 0.310 e. The SMILES string of the molecule is O=C(O)C1(Cc2cccc(Nc3nccs3)n2)CCC(Oc2cccc(F)c2Cl)CC1. The topological polar surface area (TPSA) is 84.3 Å². The highest BCUT2D eigenvalue weighted by Crippen LogP contribution is 2.41. The number of rotatable bonds is 7. The first-order valence-corrected chi connectivity index (χ1v) is 11.2. The summed E-state index contributed by atoms with van der Waals surface area (Å²) < 4.78 is 19.5. The van der Waals surface area contributed by atoms with Gasteiger partial charge in [0.25, 0.3) is 0 Å². The molecule has 2 aromatic heterocycles. The van der Waals surface area contributed by atoms with E-state index < -0.39 is 17.2 Å². The quantitative estimate of drug-likeness (QED) is 0.469. The smallest absolute Gasteiger partial charge is 0.310 e. The maximum absolute atomic E-state index is 13.7. The summed E-state index contributed by atoms with van der Waals surface area (Å²) in [6.45, 7) is 0. The zero-order valence-corrected chi connectivity index (χ0v) is 18.1. The summed E-state index contributed by atoms with van der Waals surface area (Å²) in [6, 6.07) is 9.96. The Kier molecular flexibility index (Phi) is 6.38. The number of aliphatic carboxylic acids is 1. The molecule has 9 heteroatoms. The summed E-state index contributed by atoms with van der Waals surface area (Å²) in [7, 11) is 0. The van der Waals surface area contributed by atoms with E-state index in [0.29, 0.717) is 43.6 Å². The fourth-order valence-electron chi connectivity index (χ4n) is 3.87. The highest BCUT2D eigenvalue weighted by molar-refractivity contribution is 7.13. The van der Waals surface area contributed by atoms with Gasteiger partial charge in [0.05, 0.1) is 11.5 Å². The number of thiazole rings is 1. The van der Waals surface area contributed by atoms with Crippen LogP contribution in [0, 0.1) is 11.2 Å². The van der Waals surface area contributed by atoms with E-state index in [-0.39, 0.29) is 16.9 Å². The Morgan fingerprint density at radius 1 is 1.29 bits per heavy atom. The molecule has 0 amide bonds. The molecule has 0 unspecified atom stereocenters. The zero-order chi connectivity index (χ0) is 21.8. The number of nitrogens with zero attached hydrogens (tertiary/aromatic N) is 2. The number of carboxylic acids is 1. The second kappa shape index (κ2) is 9.20. The Bertz CT molecular complexity index is 1060. The lowest BCUT2D eigenvalue weighted by atomic mass is 9.70. The molecule has 0 spiro atoms. The van der Waals surface area contributed by atoms with Gasteiger partial charge in [0, 0.05) is 23.7 Å². The number of carbonyl (C=O) groups is 1. The number of halogens is 2. The molecule has 1 aliphatic rings. The normalized spacial score (nSPS) is 20.9. The van der Waals surface area contributed by atoms with Gasteiger partial charge in [-0.25, -0.2) is 14.4 Å². The molecule has 4 rings (SSSR count). The van der Waals surface area contributed by atoms with Crippen LogP contribution in [-0.4, -0.2) is 27.1 Å². The molecule has 1 saturated carbocycles. The molecule has 2 N–H and O–H groups in total. The Hall–Kier alpha value is -2.71. The van der Waals surface area contributed by atoms with Crippen molar-refractivity contribution in [3.05, 3.63) is 64.5 Å². The largest absolute Gasteiger partial charge is 0.489 e. The second-order valence-corrected chi connectivity index (χ2v) is 8.88. The van der Waals surface area contributed by atoms with Crippen LogP contribution in [0.2, 0.25) is 5.02 Å². The van der Waals surface area contributed by atoms with Crippen molar-refractivity contribution in [1.82, 2.24) is 9.97 Å². The number of ether oxygens (including phenoxy) is 1. The van der Waals surface area contributed by atoms with Crippen molar-refractivity contribution in [3.63, 3.8) is 0 Å². The number of hydrogen-bond donors (Lipinski definition) is 2. The molecule has 3 aromatic rings. The molecule has 0 atom stereocenters. The van der Waals surface area contributed by atoms with Crippen LogP contribution in [0.3, 0.4) is 0 Å². The van der Waals surface area contributed by atoms with E-state index >= 15 is 0 Å². The molecule has 1 aliphatic carbocycles. The van der Waals surface area contributed by atoms with Crippen LogP contribution in [0.4, 0.5) is 15.3 Å². The van der Waals surface area contributed by atoms with Gasteiger partial charge in [-0.1, -0.05) is 23.7 Å². The van der Waals surface area contributed by atoms with Crippen molar-refractivity contribution < 1.29 is 19.0 Å². The lowest BCUT2D eigenvalue weighted by Crippen LogP contribution is -2.40. The summed E-state index contributed by atoms with van der Waals surface area (Å²) in [5.41, 5.74) is -0.213. The lowest BCUT2D eigenvalue weighted by molar-refractivity contribution is -0.152. The summed E-state index contributed by atoms with van der Waals surface area (Å²) in [4.78, 5) is 21.0. The average Bonchev–Trinajstić information content (AvgIpc) is 3.26. The summed E-state index contributed by atoms with van der Waals surface area (Å²) >= 11 is 7.44. The fraction of sp³-hybridized carbons (Fsp3) is 0.318. The first-order valence-electron chi connectivity index (χ1n) is 9.92.